The number of hydrogen-bond acceptors (Lipinski definition) is 2. The smallest absolute Gasteiger partial charge is 0.170 e. The Morgan fingerprint density at radius 3 is 2.65 bits per heavy atom. The monoisotopic (exact) mass is 336 g/mol. The average Bonchev–Trinajstić information content (AvgIpc) is 2.38. The van der Waals surface area contributed by atoms with Crippen LogP contribution < -0.4 is 4.74 Å². The van der Waals surface area contributed by atoms with Crippen molar-refractivity contribution in [3.8, 4) is 5.75 Å². The molecule has 4 heteroatoms. The Balaban J connectivity index is 2.30. The van der Waals surface area contributed by atoms with Crippen LogP contribution in [0.25, 0.3) is 0 Å². The van der Waals surface area contributed by atoms with Crippen LogP contribution in [-0.4, -0.2) is 12.9 Å². The van der Waals surface area contributed by atoms with E-state index in [0.29, 0.717) is 5.75 Å². The fourth-order valence-corrected chi connectivity index (χ4v) is 2.41. The second-order valence-corrected chi connectivity index (χ2v) is 5.46. The van der Waals surface area contributed by atoms with Crippen molar-refractivity contribution in [2.45, 2.75) is 13.3 Å². The van der Waals surface area contributed by atoms with Gasteiger partial charge in [-0.25, -0.2) is 4.39 Å². The number of carbonyl (C=O) groups is 1. The van der Waals surface area contributed by atoms with Gasteiger partial charge in [0.05, 0.1) is 12.7 Å². The van der Waals surface area contributed by atoms with Crippen molar-refractivity contribution in [3.05, 3.63) is 63.4 Å². The lowest BCUT2D eigenvalue weighted by atomic mass is 10.0. The van der Waals surface area contributed by atoms with Crippen molar-refractivity contribution in [1.82, 2.24) is 0 Å². The molecule has 0 aromatic heterocycles. The summed E-state index contributed by atoms with van der Waals surface area (Å²) >= 11 is 3.35. The summed E-state index contributed by atoms with van der Waals surface area (Å²) in [6, 6.07) is 10.0. The molecule has 0 aliphatic rings. The van der Waals surface area contributed by atoms with E-state index in [-0.39, 0.29) is 17.8 Å². The first kappa shape index (κ1) is 14.7. The van der Waals surface area contributed by atoms with Crippen LogP contribution >= 0.6 is 15.9 Å². The zero-order valence-electron chi connectivity index (χ0n) is 11.2. The summed E-state index contributed by atoms with van der Waals surface area (Å²) in [5.74, 6) is -0.128. The fraction of sp³-hybridized carbons (Fsp3) is 0.188. The van der Waals surface area contributed by atoms with Gasteiger partial charge in [-0.1, -0.05) is 22.0 Å². The minimum Gasteiger partial charge on any atom is -0.496 e. The fourth-order valence-electron chi connectivity index (χ4n) is 2.00. The lowest BCUT2D eigenvalue weighted by molar-refractivity contribution is 0.0988. The van der Waals surface area contributed by atoms with Crippen molar-refractivity contribution in [2.24, 2.45) is 0 Å². The zero-order valence-corrected chi connectivity index (χ0v) is 12.8. The molecule has 0 fully saturated rings. The summed E-state index contributed by atoms with van der Waals surface area (Å²) in [6.07, 6.45) is 0.0998. The molecule has 2 nitrogen and oxygen atoms in total. The number of carbonyl (C=O) groups excluding carboxylic acids is 1. The van der Waals surface area contributed by atoms with Crippen molar-refractivity contribution >= 4 is 21.7 Å². The van der Waals surface area contributed by atoms with Crippen molar-refractivity contribution in [1.29, 1.82) is 0 Å². The lowest BCUT2D eigenvalue weighted by Crippen LogP contribution is -2.07. The second-order valence-electron chi connectivity index (χ2n) is 4.54. The van der Waals surface area contributed by atoms with E-state index in [1.807, 2.05) is 12.1 Å². The topological polar surface area (TPSA) is 26.3 Å². The van der Waals surface area contributed by atoms with Gasteiger partial charge in [0.25, 0.3) is 0 Å². The molecule has 0 unspecified atom stereocenters. The minimum atomic E-state index is -0.482. The third kappa shape index (κ3) is 3.25. The molecule has 0 amide bonds. The summed E-state index contributed by atoms with van der Waals surface area (Å²) in [7, 11) is 1.55. The zero-order chi connectivity index (χ0) is 14.7. The van der Waals surface area contributed by atoms with Crippen LogP contribution in [0.3, 0.4) is 0 Å². The Kier molecular flexibility index (Phi) is 4.55. The highest BCUT2D eigenvalue weighted by Crippen LogP contribution is 2.25. The van der Waals surface area contributed by atoms with Gasteiger partial charge in [-0.15, -0.1) is 0 Å². The molecule has 0 saturated heterocycles. The first-order valence-electron chi connectivity index (χ1n) is 6.13. The maximum absolute atomic E-state index is 13.8. The molecule has 2 rings (SSSR count). The number of ether oxygens (including phenoxy) is 1. The molecular weight excluding hydrogens is 323 g/mol. The molecule has 0 spiro atoms. The first-order chi connectivity index (χ1) is 9.51. The Bertz CT molecular complexity index is 653. The van der Waals surface area contributed by atoms with Gasteiger partial charge < -0.3 is 4.74 Å². The van der Waals surface area contributed by atoms with Crippen LogP contribution in [0.5, 0.6) is 5.75 Å². The van der Waals surface area contributed by atoms with Gasteiger partial charge in [-0.3, -0.25) is 4.79 Å². The van der Waals surface area contributed by atoms with E-state index in [9.17, 15) is 9.18 Å². The van der Waals surface area contributed by atoms with Crippen LogP contribution in [-0.2, 0) is 6.42 Å². The van der Waals surface area contributed by atoms with Crippen LogP contribution in [0.2, 0.25) is 0 Å². The second kappa shape index (κ2) is 6.18. The van der Waals surface area contributed by atoms with Gasteiger partial charge in [0.1, 0.15) is 11.6 Å². The van der Waals surface area contributed by atoms with E-state index in [2.05, 4.69) is 15.9 Å². The number of halogens is 2. The summed E-state index contributed by atoms with van der Waals surface area (Å²) in [5.41, 5.74) is 1.63. The number of methoxy groups -OCH3 is 1. The molecule has 0 aliphatic carbocycles. The maximum atomic E-state index is 13.8. The largest absolute Gasteiger partial charge is 0.496 e. The van der Waals surface area contributed by atoms with E-state index in [0.717, 1.165) is 15.6 Å². The molecule has 0 N–H and O–H groups in total. The minimum absolute atomic E-state index is 0.0998. The van der Waals surface area contributed by atoms with E-state index < -0.39 is 5.82 Å². The molecule has 0 atom stereocenters. The predicted octanol–water partition coefficient (Wildman–Crippen LogP) is 4.33. The highest BCUT2D eigenvalue weighted by molar-refractivity contribution is 9.10. The van der Waals surface area contributed by atoms with Crippen molar-refractivity contribution < 1.29 is 13.9 Å². The summed E-state index contributed by atoms with van der Waals surface area (Å²) < 4.78 is 19.9. The van der Waals surface area contributed by atoms with E-state index in [4.69, 9.17) is 4.74 Å². The average molecular weight is 337 g/mol. The third-order valence-corrected chi connectivity index (χ3v) is 3.51. The highest BCUT2D eigenvalue weighted by Gasteiger charge is 2.15. The molecule has 0 heterocycles. The number of hydrogen-bond donors (Lipinski definition) is 0. The third-order valence-electron chi connectivity index (χ3n) is 3.02. The molecule has 0 aliphatic heterocycles. The summed E-state index contributed by atoms with van der Waals surface area (Å²) in [4.78, 5) is 12.2. The molecule has 2 aromatic rings. The number of aryl methyl sites for hydroxylation is 1. The normalized spacial score (nSPS) is 10.4. The van der Waals surface area contributed by atoms with Crippen molar-refractivity contribution in [3.63, 3.8) is 0 Å². The van der Waals surface area contributed by atoms with Gasteiger partial charge in [-0.05, 0) is 42.8 Å². The summed E-state index contributed by atoms with van der Waals surface area (Å²) in [5, 5.41) is 0. The van der Waals surface area contributed by atoms with Crippen molar-refractivity contribution in [2.75, 3.05) is 7.11 Å². The number of Topliss-reactive ketones (excluding diaryl/α,β-unsaturated/α-hetero) is 1. The molecule has 0 saturated carbocycles. The molecule has 0 radical (unpaired) electrons. The quantitative estimate of drug-likeness (QED) is 0.776. The molecule has 20 heavy (non-hydrogen) atoms. The van der Waals surface area contributed by atoms with E-state index >= 15 is 0 Å². The highest BCUT2D eigenvalue weighted by atomic mass is 79.9. The van der Waals surface area contributed by atoms with Crippen LogP contribution in [0.1, 0.15) is 21.5 Å². The molecule has 0 bridgehead atoms. The predicted molar refractivity (Wildman–Crippen MR) is 79.9 cm³/mol. The Hall–Kier alpha value is -1.68. The Morgan fingerprint density at radius 1 is 1.25 bits per heavy atom. The van der Waals surface area contributed by atoms with Gasteiger partial charge in [0.15, 0.2) is 5.78 Å². The first-order valence-corrected chi connectivity index (χ1v) is 6.92. The molecule has 2 aromatic carbocycles. The maximum Gasteiger partial charge on any atom is 0.170 e. The van der Waals surface area contributed by atoms with E-state index in [1.165, 1.54) is 12.1 Å². The van der Waals surface area contributed by atoms with Gasteiger partial charge in [0, 0.05) is 16.5 Å². The standard InChI is InChI=1S/C16H14BrFO2/c1-10-3-5-13(14(18)7-10)15(19)9-11-8-12(17)4-6-16(11)20-2/h3-8H,9H2,1-2H3. The van der Waals surface area contributed by atoms with Gasteiger partial charge in [-0.2, -0.15) is 0 Å². The van der Waals surface area contributed by atoms with Crippen LogP contribution in [0, 0.1) is 12.7 Å². The molecule has 104 valence electrons. The SMILES string of the molecule is COc1ccc(Br)cc1CC(=O)c1ccc(C)cc1F. The Labute approximate surface area is 125 Å². The molecular formula is C16H14BrFO2. The number of benzene rings is 2. The number of rotatable bonds is 4. The van der Waals surface area contributed by atoms with Crippen LogP contribution in [0.15, 0.2) is 40.9 Å². The van der Waals surface area contributed by atoms with Crippen LogP contribution in [0.4, 0.5) is 4.39 Å². The summed E-state index contributed by atoms with van der Waals surface area (Å²) in [6.45, 7) is 1.79. The Morgan fingerprint density at radius 2 is 2.00 bits per heavy atom. The van der Waals surface area contributed by atoms with Gasteiger partial charge in [0.2, 0.25) is 0 Å². The van der Waals surface area contributed by atoms with Gasteiger partial charge >= 0.3 is 0 Å². The lowest BCUT2D eigenvalue weighted by Gasteiger charge is -2.09. The van der Waals surface area contributed by atoms with E-state index in [1.54, 1.807) is 26.2 Å². The number of ketones is 1.